The van der Waals surface area contributed by atoms with Gasteiger partial charge in [-0.05, 0) is 48.4 Å². The third-order valence-corrected chi connectivity index (χ3v) is 5.98. The fourth-order valence-electron chi connectivity index (χ4n) is 3.44. The molecule has 1 aliphatic heterocycles. The second-order valence-corrected chi connectivity index (χ2v) is 8.66. The molecule has 0 bridgehead atoms. The molecule has 0 aromatic heterocycles. The van der Waals surface area contributed by atoms with E-state index in [1.54, 1.807) is 12.1 Å². The van der Waals surface area contributed by atoms with Crippen molar-refractivity contribution in [2.24, 2.45) is 5.14 Å². The highest BCUT2D eigenvalue weighted by Crippen LogP contribution is 2.26. The Morgan fingerprint density at radius 2 is 1.77 bits per heavy atom. The summed E-state index contributed by atoms with van der Waals surface area (Å²) in [6, 6.07) is 13.0. The van der Waals surface area contributed by atoms with Crippen molar-refractivity contribution in [3.05, 3.63) is 59.7 Å². The Kier molecular flexibility index (Phi) is 6.19. The SMILES string of the molecule is CC(=O)N(CCc1ccc(S(N)(=O)=O)cc1)C1CC(=O)N(c2ccc(C#N)cc2)C1=O. The van der Waals surface area contributed by atoms with Crippen molar-refractivity contribution >= 4 is 33.4 Å². The third-order valence-electron chi connectivity index (χ3n) is 5.05. The van der Waals surface area contributed by atoms with Gasteiger partial charge >= 0.3 is 0 Å². The van der Waals surface area contributed by atoms with Gasteiger partial charge in [0.25, 0.3) is 5.91 Å². The maximum absolute atomic E-state index is 12.9. The first-order chi connectivity index (χ1) is 14.6. The van der Waals surface area contributed by atoms with E-state index in [-0.39, 0.29) is 23.8 Å². The standard InChI is InChI=1S/C21H20N4O5S/c1-14(26)24(11-10-15-4-8-18(9-5-15)31(23,29)30)19-12-20(27)25(21(19)28)17-6-2-16(13-22)3-7-17/h2-9,19H,10-12H2,1H3,(H2,23,29,30). The highest BCUT2D eigenvalue weighted by Gasteiger charge is 2.43. The number of amides is 3. The fraction of sp³-hybridized carbons (Fsp3) is 0.238. The Labute approximate surface area is 179 Å². The summed E-state index contributed by atoms with van der Waals surface area (Å²) in [7, 11) is -3.80. The lowest BCUT2D eigenvalue weighted by atomic mass is 10.1. The summed E-state index contributed by atoms with van der Waals surface area (Å²) in [6.07, 6.45) is 0.224. The first-order valence-corrected chi connectivity index (χ1v) is 10.9. The summed E-state index contributed by atoms with van der Waals surface area (Å²) in [5.41, 5.74) is 1.50. The van der Waals surface area contributed by atoms with Crippen LogP contribution in [-0.2, 0) is 30.8 Å². The molecule has 0 saturated carbocycles. The number of primary sulfonamides is 1. The minimum Gasteiger partial charge on any atom is -0.330 e. The van der Waals surface area contributed by atoms with Gasteiger partial charge in [0.2, 0.25) is 21.8 Å². The van der Waals surface area contributed by atoms with Gasteiger partial charge in [0.15, 0.2) is 0 Å². The van der Waals surface area contributed by atoms with Gasteiger partial charge in [-0.3, -0.25) is 14.4 Å². The number of imide groups is 1. The van der Waals surface area contributed by atoms with Crippen LogP contribution in [0.1, 0.15) is 24.5 Å². The number of rotatable bonds is 6. The van der Waals surface area contributed by atoms with Crippen molar-refractivity contribution < 1.29 is 22.8 Å². The summed E-state index contributed by atoms with van der Waals surface area (Å²) in [5.74, 6) is -1.29. The number of carbonyl (C=O) groups excluding carboxylic acids is 3. The van der Waals surface area contributed by atoms with E-state index in [0.717, 1.165) is 10.5 Å². The summed E-state index contributed by atoms with van der Waals surface area (Å²) in [4.78, 5) is 40.0. The van der Waals surface area contributed by atoms with Crippen LogP contribution in [0.2, 0.25) is 0 Å². The Balaban J connectivity index is 1.75. The molecule has 2 aromatic carbocycles. The van der Waals surface area contributed by atoms with E-state index in [9.17, 15) is 22.8 Å². The molecular formula is C21H20N4O5S. The number of nitrogens with zero attached hydrogens (tertiary/aromatic N) is 3. The highest BCUT2D eigenvalue weighted by molar-refractivity contribution is 7.89. The second-order valence-electron chi connectivity index (χ2n) is 7.10. The number of sulfonamides is 1. The predicted octanol–water partition coefficient (Wildman–Crippen LogP) is 0.929. The summed E-state index contributed by atoms with van der Waals surface area (Å²) >= 11 is 0. The molecule has 0 spiro atoms. The van der Waals surface area contributed by atoms with Crippen molar-refractivity contribution in [1.82, 2.24) is 4.90 Å². The van der Waals surface area contributed by atoms with Gasteiger partial charge in [-0.2, -0.15) is 5.26 Å². The van der Waals surface area contributed by atoms with Gasteiger partial charge in [0.1, 0.15) is 6.04 Å². The Morgan fingerprint density at radius 1 is 1.16 bits per heavy atom. The first kappa shape index (κ1) is 22.1. The molecule has 1 aliphatic rings. The zero-order chi connectivity index (χ0) is 22.8. The smallest absolute Gasteiger partial charge is 0.257 e. The van der Waals surface area contributed by atoms with Crippen LogP contribution in [0.25, 0.3) is 0 Å². The van der Waals surface area contributed by atoms with Gasteiger partial charge in [0.05, 0.1) is 28.6 Å². The lowest BCUT2D eigenvalue weighted by molar-refractivity contribution is -0.136. The molecule has 1 unspecified atom stereocenters. The number of anilines is 1. The largest absolute Gasteiger partial charge is 0.330 e. The van der Waals surface area contributed by atoms with Gasteiger partial charge < -0.3 is 4.90 Å². The van der Waals surface area contributed by atoms with Crippen LogP contribution in [0.5, 0.6) is 0 Å². The van der Waals surface area contributed by atoms with Crippen molar-refractivity contribution in [3.8, 4) is 6.07 Å². The molecule has 1 heterocycles. The molecule has 10 heteroatoms. The number of benzene rings is 2. The van der Waals surface area contributed by atoms with E-state index in [0.29, 0.717) is 17.7 Å². The van der Waals surface area contributed by atoms with Crippen LogP contribution >= 0.6 is 0 Å². The average molecular weight is 440 g/mol. The molecule has 160 valence electrons. The van der Waals surface area contributed by atoms with Crippen LogP contribution in [0.4, 0.5) is 5.69 Å². The minimum absolute atomic E-state index is 0.0192. The van der Waals surface area contributed by atoms with Gasteiger partial charge in [0, 0.05) is 13.5 Å². The van der Waals surface area contributed by atoms with Crippen molar-refractivity contribution in [3.63, 3.8) is 0 Å². The zero-order valence-corrected chi connectivity index (χ0v) is 17.5. The number of hydrogen-bond acceptors (Lipinski definition) is 6. The zero-order valence-electron chi connectivity index (χ0n) is 16.7. The number of nitrogens with two attached hydrogens (primary N) is 1. The number of hydrogen-bond donors (Lipinski definition) is 1. The van der Waals surface area contributed by atoms with Crippen LogP contribution in [0.3, 0.4) is 0 Å². The molecule has 31 heavy (non-hydrogen) atoms. The van der Waals surface area contributed by atoms with Crippen molar-refractivity contribution in [2.45, 2.75) is 30.7 Å². The molecular weight excluding hydrogens is 420 g/mol. The minimum atomic E-state index is -3.80. The maximum atomic E-state index is 12.9. The Bertz CT molecular complexity index is 1170. The molecule has 2 N–H and O–H groups in total. The highest BCUT2D eigenvalue weighted by atomic mass is 32.2. The second kappa shape index (κ2) is 8.67. The monoisotopic (exact) mass is 440 g/mol. The molecule has 3 amide bonds. The normalized spacial score (nSPS) is 16.3. The van der Waals surface area contributed by atoms with E-state index < -0.39 is 27.9 Å². The van der Waals surface area contributed by atoms with Crippen LogP contribution in [0.15, 0.2) is 53.4 Å². The van der Waals surface area contributed by atoms with Gasteiger partial charge in [-0.25, -0.2) is 18.5 Å². The Hall–Kier alpha value is -3.55. The van der Waals surface area contributed by atoms with Crippen molar-refractivity contribution in [1.29, 1.82) is 5.26 Å². The predicted molar refractivity (Wildman–Crippen MR) is 111 cm³/mol. The van der Waals surface area contributed by atoms with E-state index >= 15 is 0 Å². The molecule has 1 atom stereocenters. The summed E-state index contributed by atoms with van der Waals surface area (Å²) in [6.45, 7) is 1.50. The summed E-state index contributed by atoms with van der Waals surface area (Å²) < 4.78 is 22.7. The molecule has 0 radical (unpaired) electrons. The van der Waals surface area contributed by atoms with E-state index in [2.05, 4.69) is 0 Å². The molecule has 1 fully saturated rings. The topological polar surface area (TPSA) is 142 Å². The van der Waals surface area contributed by atoms with E-state index in [4.69, 9.17) is 10.4 Å². The average Bonchev–Trinajstić information content (AvgIpc) is 3.01. The van der Waals surface area contributed by atoms with E-state index in [1.165, 1.54) is 48.2 Å². The lowest BCUT2D eigenvalue weighted by Gasteiger charge is -2.26. The van der Waals surface area contributed by atoms with E-state index in [1.807, 2.05) is 6.07 Å². The Morgan fingerprint density at radius 3 is 2.29 bits per heavy atom. The molecule has 2 aromatic rings. The van der Waals surface area contributed by atoms with Crippen LogP contribution in [-0.4, -0.2) is 43.6 Å². The molecule has 9 nitrogen and oxygen atoms in total. The quantitative estimate of drug-likeness (QED) is 0.662. The maximum Gasteiger partial charge on any atom is 0.257 e. The van der Waals surface area contributed by atoms with Gasteiger partial charge in [-0.15, -0.1) is 0 Å². The number of nitriles is 1. The van der Waals surface area contributed by atoms with Crippen molar-refractivity contribution in [2.75, 3.05) is 11.4 Å². The third kappa shape index (κ3) is 4.79. The number of carbonyl (C=O) groups is 3. The fourth-order valence-corrected chi connectivity index (χ4v) is 3.96. The van der Waals surface area contributed by atoms with Crippen LogP contribution in [0, 0.1) is 11.3 Å². The first-order valence-electron chi connectivity index (χ1n) is 9.37. The van der Waals surface area contributed by atoms with Gasteiger partial charge in [-0.1, -0.05) is 12.1 Å². The van der Waals surface area contributed by atoms with Crippen LogP contribution < -0.4 is 10.0 Å². The lowest BCUT2D eigenvalue weighted by Crippen LogP contribution is -2.45. The molecule has 1 saturated heterocycles. The summed E-state index contributed by atoms with van der Waals surface area (Å²) in [5, 5.41) is 14.0. The molecule has 3 rings (SSSR count). The molecule has 0 aliphatic carbocycles.